The topological polar surface area (TPSA) is 120 Å². The molecule has 26 heavy (non-hydrogen) atoms. The first-order valence-corrected chi connectivity index (χ1v) is 8.27. The first-order chi connectivity index (χ1) is 12.2. The SMILES string of the molecule is COc1cc(C(C)C)c(Oc2cnc(N[C@@H](C)C(=O)O)nc2N)cc1Cl. The van der Waals surface area contributed by atoms with Crippen LogP contribution in [0.15, 0.2) is 18.3 Å². The third-order valence-corrected chi connectivity index (χ3v) is 3.92. The van der Waals surface area contributed by atoms with Gasteiger partial charge in [-0.3, -0.25) is 4.79 Å². The lowest BCUT2D eigenvalue weighted by molar-refractivity contribution is -0.137. The van der Waals surface area contributed by atoms with Crippen molar-refractivity contribution in [2.75, 3.05) is 18.2 Å². The van der Waals surface area contributed by atoms with Gasteiger partial charge >= 0.3 is 5.97 Å². The van der Waals surface area contributed by atoms with E-state index in [0.717, 1.165) is 5.56 Å². The number of benzene rings is 1. The highest BCUT2D eigenvalue weighted by Crippen LogP contribution is 2.39. The van der Waals surface area contributed by atoms with Crippen molar-refractivity contribution in [2.45, 2.75) is 32.7 Å². The molecule has 0 aliphatic carbocycles. The van der Waals surface area contributed by atoms with Crippen LogP contribution in [0.4, 0.5) is 11.8 Å². The third kappa shape index (κ3) is 4.45. The van der Waals surface area contributed by atoms with Crippen LogP contribution in [0.25, 0.3) is 0 Å². The molecular formula is C17H21ClN4O4. The Hall–Kier alpha value is -2.74. The van der Waals surface area contributed by atoms with E-state index >= 15 is 0 Å². The Labute approximate surface area is 156 Å². The van der Waals surface area contributed by atoms with Crippen LogP contribution in [0.5, 0.6) is 17.2 Å². The van der Waals surface area contributed by atoms with Crippen molar-refractivity contribution in [3.05, 3.63) is 28.9 Å². The number of aliphatic carboxylic acids is 1. The third-order valence-electron chi connectivity index (χ3n) is 3.63. The maximum Gasteiger partial charge on any atom is 0.325 e. The van der Waals surface area contributed by atoms with E-state index in [0.29, 0.717) is 16.5 Å². The number of nitrogens with two attached hydrogens (primary N) is 1. The van der Waals surface area contributed by atoms with Gasteiger partial charge in [0.15, 0.2) is 11.6 Å². The Morgan fingerprint density at radius 2 is 1.96 bits per heavy atom. The predicted octanol–water partition coefficient (Wildman–Crippen LogP) is 3.52. The number of anilines is 2. The molecule has 0 saturated heterocycles. The number of nitrogen functional groups attached to an aromatic ring is 1. The number of methoxy groups -OCH3 is 1. The molecule has 2 aromatic rings. The maximum absolute atomic E-state index is 10.9. The van der Waals surface area contributed by atoms with Crippen molar-refractivity contribution in [3.8, 4) is 17.2 Å². The highest BCUT2D eigenvalue weighted by atomic mass is 35.5. The molecular weight excluding hydrogens is 360 g/mol. The van der Waals surface area contributed by atoms with Gasteiger partial charge in [-0.05, 0) is 18.9 Å². The number of nitrogens with one attached hydrogen (secondary N) is 1. The second kappa shape index (κ2) is 8.09. The number of hydrogen-bond acceptors (Lipinski definition) is 7. The fraction of sp³-hybridized carbons (Fsp3) is 0.353. The summed E-state index contributed by atoms with van der Waals surface area (Å²) >= 11 is 6.19. The molecule has 1 heterocycles. The van der Waals surface area contributed by atoms with Crippen molar-refractivity contribution in [1.82, 2.24) is 9.97 Å². The summed E-state index contributed by atoms with van der Waals surface area (Å²) in [5.74, 6) is 0.595. The van der Waals surface area contributed by atoms with E-state index in [1.165, 1.54) is 13.1 Å². The van der Waals surface area contributed by atoms with Gasteiger partial charge in [-0.15, -0.1) is 0 Å². The zero-order valence-electron chi connectivity index (χ0n) is 14.9. The summed E-state index contributed by atoms with van der Waals surface area (Å²) in [5.41, 5.74) is 6.80. The van der Waals surface area contributed by atoms with E-state index < -0.39 is 12.0 Å². The van der Waals surface area contributed by atoms with Gasteiger partial charge in [0.1, 0.15) is 17.5 Å². The molecule has 1 aromatic carbocycles. The molecule has 0 amide bonds. The van der Waals surface area contributed by atoms with Gasteiger partial charge in [0.05, 0.1) is 18.3 Å². The number of aromatic nitrogens is 2. The van der Waals surface area contributed by atoms with Crippen molar-refractivity contribution in [1.29, 1.82) is 0 Å². The molecule has 0 aliphatic heterocycles. The highest BCUT2D eigenvalue weighted by Gasteiger charge is 2.17. The van der Waals surface area contributed by atoms with Gasteiger partial charge in [0.2, 0.25) is 5.95 Å². The Bertz CT molecular complexity index is 814. The summed E-state index contributed by atoms with van der Waals surface area (Å²) in [6.45, 7) is 5.49. The Kier molecular flexibility index (Phi) is 6.10. The predicted molar refractivity (Wildman–Crippen MR) is 99.3 cm³/mol. The molecule has 9 heteroatoms. The van der Waals surface area contributed by atoms with Gasteiger partial charge in [-0.25, -0.2) is 4.98 Å². The molecule has 0 spiro atoms. The van der Waals surface area contributed by atoms with Crippen molar-refractivity contribution in [3.63, 3.8) is 0 Å². The average Bonchev–Trinajstić information content (AvgIpc) is 2.57. The van der Waals surface area contributed by atoms with Crippen LogP contribution in [0, 0.1) is 0 Å². The lowest BCUT2D eigenvalue weighted by atomic mass is 10.0. The zero-order chi connectivity index (χ0) is 19.4. The summed E-state index contributed by atoms with van der Waals surface area (Å²) in [6.07, 6.45) is 1.38. The molecule has 140 valence electrons. The number of nitrogens with zero attached hydrogens (tertiary/aromatic N) is 2. The summed E-state index contributed by atoms with van der Waals surface area (Å²) in [5, 5.41) is 12.0. The molecule has 4 N–H and O–H groups in total. The number of carboxylic acid groups (broad SMARTS) is 1. The minimum Gasteiger partial charge on any atom is -0.495 e. The number of rotatable bonds is 7. The summed E-state index contributed by atoms with van der Waals surface area (Å²) < 4.78 is 11.1. The largest absolute Gasteiger partial charge is 0.495 e. The molecule has 0 saturated carbocycles. The molecule has 0 bridgehead atoms. The number of halogens is 1. The molecule has 8 nitrogen and oxygen atoms in total. The van der Waals surface area contributed by atoms with Crippen LogP contribution in [-0.2, 0) is 4.79 Å². The van der Waals surface area contributed by atoms with Crippen molar-refractivity contribution >= 4 is 29.3 Å². The summed E-state index contributed by atoms with van der Waals surface area (Å²) in [7, 11) is 1.54. The monoisotopic (exact) mass is 380 g/mol. The van der Waals surface area contributed by atoms with E-state index in [2.05, 4.69) is 15.3 Å². The molecule has 1 aromatic heterocycles. The van der Waals surface area contributed by atoms with Gasteiger partial charge in [0, 0.05) is 11.6 Å². The number of ether oxygens (including phenoxy) is 2. The lowest BCUT2D eigenvalue weighted by Crippen LogP contribution is -2.26. The first kappa shape index (κ1) is 19.6. The van der Waals surface area contributed by atoms with E-state index in [1.54, 1.807) is 13.2 Å². The molecule has 0 fully saturated rings. The highest BCUT2D eigenvalue weighted by molar-refractivity contribution is 6.32. The van der Waals surface area contributed by atoms with Gasteiger partial charge in [-0.1, -0.05) is 25.4 Å². The van der Waals surface area contributed by atoms with Gasteiger partial charge in [-0.2, -0.15) is 4.98 Å². The number of hydrogen-bond donors (Lipinski definition) is 3. The van der Waals surface area contributed by atoms with E-state index in [9.17, 15) is 4.79 Å². The average molecular weight is 381 g/mol. The normalized spacial score (nSPS) is 11.9. The quantitative estimate of drug-likeness (QED) is 0.667. The van der Waals surface area contributed by atoms with Crippen LogP contribution >= 0.6 is 11.6 Å². The van der Waals surface area contributed by atoms with Crippen LogP contribution in [0.1, 0.15) is 32.3 Å². The Balaban J connectivity index is 2.31. The molecule has 0 unspecified atom stereocenters. The van der Waals surface area contributed by atoms with Crippen molar-refractivity contribution in [2.24, 2.45) is 0 Å². The fourth-order valence-electron chi connectivity index (χ4n) is 2.15. The van der Waals surface area contributed by atoms with E-state index in [1.807, 2.05) is 19.9 Å². The summed E-state index contributed by atoms with van der Waals surface area (Å²) in [4.78, 5) is 19.0. The maximum atomic E-state index is 10.9. The fourth-order valence-corrected chi connectivity index (χ4v) is 2.38. The molecule has 1 atom stereocenters. The smallest absolute Gasteiger partial charge is 0.325 e. The Morgan fingerprint density at radius 1 is 1.27 bits per heavy atom. The van der Waals surface area contributed by atoms with Gasteiger partial charge < -0.3 is 25.6 Å². The van der Waals surface area contributed by atoms with E-state index in [-0.39, 0.29) is 23.4 Å². The molecule has 0 aliphatic rings. The minimum atomic E-state index is -1.03. The minimum absolute atomic E-state index is 0.0711. The van der Waals surface area contributed by atoms with Crippen molar-refractivity contribution < 1.29 is 19.4 Å². The number of carboxylic acids is 1. The molecule has 0 radical (unpaired) electrons. The van der Waals surface area contributed by atoms with E-state index in [4.69, 9.17) is 31.9 Å². The molecule has 2 rings (SSSR count). The lowest BCUT2D eigenvalue weighted by Gasteiger charge is -2.17. The standard InChI is InChI=1S/C17H21ClN4O4/c1-8(2)10-5-13(25-4)11(18)6-12(10)26-14-7-20-17(22-15(14)19)21-9(3)16(23)24/h5-9H,1-4H3,(H,23,24)(H3,19,20,21,22)/t9-/m0/s1. The van der Waals surface area contributed by atoms with Crippen LogP contribution in [-0.4, -0.2) is 34.2 Å². The second-order valence-electron chi connectivity index (χ2n) is 5.93. The second-order valence-corrected chi connectivity index (χ2v) is 6.34. The summed E-state index contributed by atoms with van der Waals surface area (Å²) in [6, 6.07) is 2.60. The van der Waals surface area contributed by atoms with Crippen LogP contribution in [0.2, 0.25) is 5.02 Å². The van der Waals surface area contributed by atoms with Gasteiger partial charge in [0.25, 0.3) is 0 Å². The zero-order valence-corrected chi connectivity index (χ0v) is 15.7. The Morgan fingerprint density at radius 3 is 2.50 bits per heavy atom. The first-order valence-electron chi connectivity index (χ1n) is 7.90. The number of carbonyl (C=O) groups is 1. The van der Waals surface area contributed by atoms with Crippen LogP contribution in [0.3, 0.4) is 0 Å². The van der Waals surface area contributed by atoms with Crippen LogP contribution < -0.4 is 20.5 Å².